The first-order valence-electron chi connectivity index (χ1n) is 5.99. The van der Waals surface area contributed by atoms with Gasteiger partial charge in [-0.25, -0.2) is 0 Å². The van der Waals surface area contributed by atoms with Crippen LogP contribution in [0.25, 0.3) is 0 Å². The van der Waals surface area contributed by atoms with E-state index >= 15 is 0 Å². The van der Waals surface area contributed by atoms with Gasteiger partial charge in [0.2, 0.25) is 0 Å². The maximum absolute atomic E-state index is 5.72. The molecule has 0 aliphatic carbocycles. The minimum absolute atomic E-state index is 0.239. The summed E-state index contributed by atoms with van der Waals surface area (Å²) in [6.45, 7) is 14.8. The fourth-order valence-corrected chi connectivity index (χ4v) is 1.63. The highest BCUT2D eigenvalue weighted by Gasteiger charge is 2.18. The number of nitrogens with zero attached hydrogens (tertiary/aromatic N) is 1. The molecule has 0 spiro atoms. The second-order valence-electron chi connectivity index (χ2n) is 5.38. The quantitative estimate of drug-likeness (QED) is 0.519. The Morgan fingerprint density at radius 2 is 1.93 bits per heavy atom. The summed E-state index contributed by atoms with van der Waals surface area (Å²) >= 11 is 0. The van der Waals surface area contributed by atoms with Crippen LogP contribution in [0.15, 0.2) is 12.7 Å². The molecule has 0 aliphatic rings. The van der Waals surface area contributed by atoms with Gasteiger partial charge in [-0.15, -0.1) is 6.58 Å². The van der Waals surface area contributed by atoms with E-state index in [1.807, 2.05) is 6.08 Å². The zero-order valence-corrected chi connectivity index (χ0v) is 10.9. The van der Waals surface area contributed by atoms with E-state index in [4.69, 9.17) is 5.73 Å². The average molecular weight is 212 g/mol. The summed E-state index contributed by atoms with van der Waals surface area (Å²) in [5, 5.41) is 0. The first-order valence-corrected chi connectivity index (χ1v) is 5.99. The molecule has 2 heteroatoms. The Hall–Kier alpha value is -0.340. The summed E-state index contributed by atoms with van der Waals surface area (Å²) in [6, 6.07) is 0.340. The molecule has 1 atom stereocenters. The number of hydrogen-bond acceptors (Lipinski definition) is 2. The Morgan fingerprint density at radius 3 is 2.33 bits per heavy atom. The molecule has 0 saturated heterocycles. The lowest BCUT2D eigenvalue weighted by Crippen LogP contribution is -2.42. The SMILES string of the molecule is C=CCN(CCCCC(C)N)C(C)(C)C. The van der Waals surface area contributed by atoms with Gasteiger partial charge in [0.05, 0.1) is 0 Å². The lowest BCUT2D eigenvalue weighted by molar-refractivity contribution is 0.151. The van der Waals surface area contributed by atoms with Gasteiger partial charge in [-0.1, -0.05) is 12.5 Å². The highest BCUT2D eigenvalue weighted by molar-refractivity contribution is 4.82. The van der Waals surface area contributed by atoms with Crippen LogP contribution in [0.5, 0.6) is 0 Å². The standard InChI is InChI=1S/C13H28N2/c1-6-10-15(13(3,4)5)11-8-7-9-12(2)14/h6,12H,1,7-11,14H2,2-5H3. The fraction of sp³-hybridized carbons (Fsp3) is 0.846. The molecule has 0 fully saturated rings. The third-order valence-electron chi connectivity index (χ3n) is 2.64. The van der Waals surface area contributed by atoms with E-state index in [1.54, 1.807) is 0 Å². The Labute approximate surface area is 95.5 Å². The molecule has 15 heavy (non-hydrogen) atoms. The van der Waals surface area contributed by atoms with Crippen molar-refractivity contribution in [3.63, 3.8) is 0 Å². The van der Waals surface area contributed by atoms with Crippen molar-refractivity contribution in [2.45, 2.75) is 58.5 Å². The first-order chi connectivity index (χ1) is 6.88. The van der Waals surface area contributed by atoms with E-state index in [-0.39, 0.29) is 5.54 Å². The van der Waals surface area contributed by atoms with Gasteiger partial charge in [0.25, 0.3) is 0 Å². The Bertz CT molecular complexity index is 168. The van der Waals surface area contributed by atoms with Gasteiger partial charge in [-0.3, -0.25) is 4.90 Å². The van der Waals surface area contributed by atoms with Crippen molar-refractivity contribution in [1.29, 1.82) is 0 Å². The number of rotatable bonds is 7. The van der Waals surface area contributed by atoms with Gasteiger partial charge in [-0.05, 0) is 47.1 Å². The molecule has 0 radical (unpaired) electrons. The fourth-order valence-electron chi connectivity index (χ4n) is 1.63. The summed E-state index contributed by atoms with van der Waals surface area (Å²) in [5.41, 5.74) is 5.96. The van der Waals surface area contributed by atoms with Crippen molar-refractivity contribution in [3.05, 3.63) is 12.7 Å². The second-order valence-corrected chi connectivity index (χ2v) is 5.38. The van der Waals surface area contributed by atoms with E-state index < -0.39 is 0 Å². The van der Waals surface area contributed by atoms with E-state index in [0.717, 1.165) is 19.5 Å². The highest BCUT2D eigenvalue weighted by Crippen LogP contribution is 2.14. The zero-order valence-electron chi connectivity index (χ0n) is 10.9. The van der Waals surface area contributed by atoms with Crippen molar-refractivity contribution in [2.75, 3.05) is 13.1 Å². The molecule has 2 nitrogen and oxygen atoms in total. The predicted octanol–water partition coefficient (Wildman–Crippen LogP) is 2.79. The summed E-state index contributed by atoms with van der Waals surface area (Å²) in [6.07, 6.45) is 5.57. The molecule has 1 unspecified atom stereocenters. The van der Waals surface area contributed by atoms with Crippen molar-refractivity contribution in [1.82, 2.24) is 4.90 Å². The van der Waals surface area contributed by atoms with Crippen LogP contribution in [-0.2, 0) is 0 Å². The van der Waals surface area contributed by atoms with Crippen LogP contribution < -0.4 is 5.73 Å². The van der Waals surface area contributed by atoms with Crippen molar-refractivity contribution in [2.24, 2.45) is 5.73 Å². The van der Waals surface area contributed by atoms with Crippen molar-refractivity contribution >= 4 is 0 Å². The van der Waals surface area contributed by atoms with E-state index in [2.05, 4.69) is 39.2 Å². The van der Waals surface area contributed by atoms with Gasteiger partial charge in [0.15, 0.2) is 0 Å². The maximum atomic E-state index is 5.72. The molecule has 0 aliphatic heterocycles. The molecule has 0 saturated carbocycles. The van der Waals surface area contributed by atoms with Crippen LogP contribution in [0.2, 0.25) is 0 Å². The largest absolute Gasteiger partial charge is 0.328 e. The zero-order chi connectivity index (χ0) is 11.9. The van der Waals surface area contributed by atoms with E-state index in [1.165, 1.54) is 12.8 Å². The summed E-state index contributed by atoms with van der Waals surface area (Å²) in [7, 11) is 0. The van der Waals surface area contributed by atoms with Gasteiger partial charge in [-0.2, -0.15) is 0 Å². The molecular weight excluding hydrogens is 184 g/mol. The first kappa shape index (κ1) is 14.7. The number of nitrogens with two attached hydrogens (primary N) is 1. The van der Waals surface area contributed by atoms with Gasteiger partial charge < -0.3 is 5.73 Å². The van der Waals surface area contributed by atoms with E-state index in [9.17, 15) is 0 Å². The number of unbranched alkanes of at least 4 members (excludes halogenated alkanes) is 1. The summed E-state index contributed by atoms with van der Waals surface area (Å²) in [5.74, 6) is 0. The maximum Gasteiger partial charge on any atom is 0.0165 e. The van der Waals surface area contributed by atoms with Gasteiger partial charge in [0.1, 0.15) is 0 Å². The smallest absolute Gasteiger partial charge is 0.0165 e. The van der Waals surface area contributed by atoms with E-state index in [0.29, 0.717) is 6.04 Å². The molecule has 0 aromatic rings. The monoisotopic (exact) mass is 212 g/mol. The molecule has 0 bridgehead atoms. The summed E-state index contributed by atoms with van der Waals surface area (Å²) < 4.78 is 0. The predicted molar refractivity (Wildman–Crippen MR) is 69.0 cm³/mol. The van der Waals surface area contributed by atoms with Crippen LogP contribution in [-0.4, -0.2) is 29.6 Å². The molecular formula is C13H28N2. The molecule has 2 N–H and O–H groups in total. The van der Waals surface area contributed by atoms with Gasteiger partial charge >= 0.3 is 0 Å². The lowest BCUT2D eigenvalue weighted by atomic mass is 10.0. The number of hydrogen-bond donors (Lipinski definition) is 1. The summed E-state index contributed by atoms with van der Waals surface area (Å²) in [4.78, 5) is 2.46. The van der Waals surface area contributed by atoms with Crippen molar-refractivity contribution in [3.8, 4) is 0 Å². The van der Waals surface area contributed by atoms with Crippen LogP contribution in [0, 0.1) is 0 Å². The normalized spacial score (nSPS) is 14.3. The minimum atomic E-state index is 0.239. The average Bonchev–Trinajstić information content (AvgIpc) is 2.08. The molecule has 0 rings (SSSR count). The van der Waals surface area contributed by atoms with Crippen LogP contribution >= 0.6 is 0 Å². The molecule has 0 aromatic heterocycles. The lowest BCUT2D eigenvalue weighted by Gasteiger charge is -2.34. The minimum Gasteiger partial charge on any atom is -0.328 e. The topological polar surface area (TPSA) is 29.3 Å². The van der Waals surface area contributed by atoms with Crippen LogP contribution in [0.3, 0.4) is 0 Å². The molecule has 0 aromatic carbocycles. The third-order valence-corrected chi connectivity index (χ3v) is 2.64. The third kappa shape index (κ3) is 7.57. The second kappa shape index (κ2) is 7.02. The molecule has 90 valence electrons. The molecule has 0 heterocycles. The highest BCUT2D eigenvalue weighted by atomic mass is 15.2. The van der Waals surface area contributed by atoms with Crippen molar-refractivity contribution < 1.29 is 0 Å². The Morgan fingerprint density at radius 1 is 1.33 bits per heavy atom. The Kier molecular flexibility index (Phi) is 6.86. The Balaban J connectivity index is 3.82. The van der Waals surface area contributed by atoms with Crippen LogP contribution in [0.4, 0.5) is 0 Å². The van der Waals surface area contributed by atoms with Gasteiger partial charge in [0, 0.05) is 18.1 Å². The van der Waals surface area contributed by atoms with Crippen LogP contribution in [0.1, 0.15) is 47.0 Å². The molecule has 0 amide bonds.